The minimum Gasteiger partial charge on any atom is -0.324 e. The highest BCUT2D eigenvalue weighted by Crippen LogP contribution is 2.38. The fourth-order valence-electron chi connectivity index (χ4n) is 4.49. The lowest BCUT2D eigenvalue weighted by Crippen LogP contribution is -2.40. The van der Waals surface area contributed by atoms with Crippen LogP contribution in [-0.4, -0.2) is 29.9 Å². The third kappa shape index (κ3) is 2.36. The third-order valence-electron chi connectivity index (χ3n) is 5.79. The Labute approximate surface area is 133 Å². The molecule has 1 heterocycles. The van der Waals surface area contributed by atoms with Gasteiger partial charge in [0.1, 0.15) is 0 Å². The number of aryl methyl sites for hydroxylation is 2. The summed E-state index contributed by atoms with van der Waals surface area (Å²) in [6.45, 7) is 4.20. The molecule has 118 valence electrons. The largest absolute Gasteiger partial charge is 0.324 e. The van der Waals surface area contributed by atoms with Crippen LogP contribution in [0.4, 0.5) is 5.69 Å². The van der Waals surface area contributed by atoms with E-state index >= 15 is 0 Å². The first-order valence-electron chi connectivity index (χ1n) is 8.95. The predicted octanol–water partition coefficient (Wildman–Crippen LogP) is 3.09. The molecule has 22 heavy (non-hydrogen) atoms. The maximum atomic E-state index is 12.7. The van der Waals surface area contributed by atoms with Gasteiger partial charge in [0.05, 0.1) is 6.04 Å². The summed E-state index contributed by atoms with van der Waals surface area (Å²) in [7, 11) is 0. The molecule has 4 rings (SSSR count). The molecule has 1 aromatic carbocycles. The van der Waals surface area contributed by atoms with Crippen molar-refractivity contribution in [2.75, 3.05) is 18.4 Å². The first kappa shape index (κ1) is 14.3. The van der Waals surface area contributed by atoms with E-state index in [9.17, 15) is 4.79 Å². The van der Waals surface area contributed by atoms with Gasteiger partial charge in [-0.3, -0.25) is 9.69 Å². The number of hydrogen-bond donors (Lipinski definition) is 1. The van der Waals surface area contributed by atoms with Crippen molar-refractivity contribution < 1.29 is 4.79 Å². The van der Waals surface area contributed by atoms with Crippen molar-refractivity contribution in [1.82, 2.24) is 4.90 Å². The molecule has 1 aliphatic heterocycles. The second kappa shape index (κ2) is 5.69. The van der Waals surface area contributed by atoms with Crippen LogP contribution in [0.1, 0.15) is 54.9 Å². The summed E-state index contributed by atoms with van der Waals surface area (Å²) in [4.78, 5) is 15.1. The van der Waals surface area contributed by atoms with Gasteiger partial charge in [0.2, 0.25) is 5.91 Å². The fraction of sp³-hybridized carbons (Fsp3) is 0.632. The van der Waals surface area contributed by atoms with Gasteiger partial charge in [-0.25, -0.2) is 0 Å². The number of benzene rings is 1. The Kier molecular flexibility index (Phi) is 3.69. The Hall–Kier alpha value is -1.35. The molecule has 0 bridgehead atoms. The van der Waals surface area contributed by atoms with E-state index in [0.717, 1.165) is 25.9 Å². The van der Waals surface area contributed by atoms with E-state index in [2.05, 4.69) is 23.2 Å². The van der Waals surface area contributed by atoms with E-state index in [0.29, 0.717) is 0 Å². The number of nitrogens with zero attached hydrogens (tertiary/aromatic N) is 1. The Bertz CT molecular complexity index is 570. The smallest absolute Gasteiger partial charge is 0.241 e. The molecular weight excluding hydrogens is 272 g/mol. The Balaban J connectivity index is 1.61. The first-order chi connectivity index (χ1) is 10.7. The average Bonchev–Trinajstić information content (AvgIpc) is 3.26. The third-order valence-corrected chi connectivity index (χ3v) is 5.79. The SMILES string of the molecule is CC(C(=O)Nc1c2c(cc3c1CCC3)CCC2)N1CCCC1. The van der Waals surface area contributed by atoms with Gasteiger partial charge in [-0.15, -0.1) is 0 Å². The van der Waals surface area contributed by atoms with Gasteiger partial charge >= 0.3 is 0 Å². The molecular formula is C19H26N2O. The maximum Gasteiger partial charge on any atom is 0.241 e. The average molecular weight is 298 g/mol. The number of carbonyl (C=O) groups excluding carboxylic acids is 1. The zero-order valence-corrected chi connectivity index (χ0v) is 13.6. The van der Waals surface area contributed by atoms with Crippen molar-refractivity contribution in [2.24, 2.45) is 0 Å². The van der Waals surface area contributed by atoms with Gasteiger partial charge in [0.15, 0.2) is 0 Å². The van der Waals surface area contributed by atoms with Gasteiger partial charge in [-0.1, -0.05) is 6.07 Å². The van der Waals surface area contributed by atoms with Crippen LogP contribution < -0.4 is 5.32 Å². The van der Waals surface area contributed by atoms with Crippen molar-refractivity contribution in [3.05, 3.63) is 28.3 Å². The molecule has 1 fully saturated rings. The molecule has 3 aliphatic rings. The van der Waals surface area contributed by atoms with Crippen LogP contribution in [0.5, 0.6) is 0 Å². The molecule has 0 saturated carbocycles. The van der Waals surface area contributed by atoms with E-state index < -0.39 is 0 Å². The summed E-state index contributed by atoms with van der Waals surface area (Å²) >= 11 is 0. The van der Waals surface area contributed by atoms with E-state index in [1.54, 1.807) is 0 Å². The Morgan fingerprint density at radius 3 is 2.18 bits per heavy atom. The number of likely N-dealkylation sites (tertiary alicyclic amines) is 1. The van der Waals surface area contributed by atoms with Crippen LogP contribution in [0.2, 0.25) is 0 Å². The normalized spacial score (nSPS) is 21.7. The fourth-order valence-corrected chi connectivity index (χ4v) is 4.49. The van der Waals surface area contributed by atoms with Crippen molar-refractivity contribution in [2.45, 2.75) is 64.3 Å². The Morgan fingerprint density at radius 1 is 1.00 bits per heavy atom. The molecule has 2 aliphatic carbocycles. The van der Waals surface area contributed by atoms with Gasteiger partial charge in [-0.2, -0.15) is 0 Å². The van der Waals surface area contributed by atoms with Crippen LogP contribution in [-0.2, 0) is 30.5 Å². The Morgan fingerprint density at radius 2 is 1.59 bits per heavy atom. The number of carbonyl (C=O) groups is 1. The number of amides is 1. The summed E-state index contributed by atoms with van der Waals surface area (Å²) in [5, 5.41) is 3.34. The molecule has 1 aromatic rings. The second-order valence-corrected chi connectivity index (χ2v) is 7.14. The zero-order valence-electron chi connectivity index (χ0n) is 13.6. The monoisotopic (exact) mass is 298 g/mol. The van der Waals surface area contributed by atoms with Gasteiger partial charge < -0.3 is 5.32 Å². The number of hydrogen-bond acceptors (Lipinski definition) is 2. The minimum absolute atomic E-state index is 0.00295. The minimum atomic E-state index is -0.00295. The van der Waals surface area contributed by atoms with E-state index in [-0.39, 0.29) is 11.9 Å². The molecule has 0 spiro atoms. The summed E-state index contributed by atoms with van der Waals surface area (Å²) in [5.41, 5.74) is 7.04. The highest BCUT2D eigenvalue weighted by Gasteiger charge is 2.28. The number of anilines is 1. The van der Waals surface area contributed by atoms with Crippen LogP contribution >= 0.6 is 0 Å². The highest BCUT2D eigenvalue weighted by molar-refractivity contribution is 5.96. The van der Waals surface area contributed by atoms with Crippen LogP contribution in [0.15, 0.2) is 6.07 Å². The van der Waals surface area contributed by atoms with Crippen molar-refractivity contribution in [1.29, 1.82) is 0 Å². The summed E-state index contributed by atoms with van der Waals surface area (Å²) in [5.74, 6) is 0.191. The number of nitrogens with one attached hydrogen (secondary N) is 1. The molecule has 3 nitrogen and oxygen atoms in total. The molecule has 1 atom stereocenters. The molecule has 1 amide bonds. The van der Waals surface area contributed by atoms with Crippen LogP contribution in [0.25, 0.3) is 0 Å². The van der Waals surface area contributed by atoms with E-state index in [1.165, 1.54) is 66.5 Å². The van der Waals surface area contributed by atoms with Crippen molar-refractivity contribution in [3.8, 4) is 0 Å². The zero-order chi connectivity index (χ0) is 15.1. The van der Waals surface area contributed by atoms with Gasteiger partial charge in [0.25, 0.3) is 0 Å². The van der Waals surface area contributed by atoms with Crippen LogP contribution in [0.3, 0.4) is 0 Å². The molecule has 1 N–H and O–H groups in total. The molecule has 0 radical (unpaired) electrons. The molecule has 1 unspecified atom stereocenters. The standard InChI is InChI=1S/C19H26N2O/c1-13(21-10-2-3-11-21)19(22)20-18-16-8-4-6-14(16)12-15-7-5-9-17(15)18/h12-13H,2-11H2,1H3,(H,20,22). The lowest BCUT2D eigenvalue weighted by Gasteiger charge is -2.24. The predicted molar refractivity (Wildman–Crippen MR) is 89.4 cm³/mol. The number of rotatable bonds is 3. The molecule has 3 heteroatoms. The quantitative estimate of drug-likeness (QED) is 0.930. The summed E-state index contributed by atoms with van der Waals surface area (Å²) < 4.78 is 0. The first-order valence-corrected chi connectivity index (χ1v) is 8.95. The topological polar surface area (TPSA) is 32.3 Å². The van der Waals surface area contributed by atoms with Gasteiger partial charge in [0, 0.05) is 5.69 Å². The van der Waals surface area contributed by atoms with Crippen LogP contribution in [0, 0.1) is 0 Å². The lowest BCUT2D eigenvalue weighted by atomic mass is 9.98. The van der Waals surface area contributed by atoms with Crippen molar-refractivity contribution >= 4 is 11.6 Å². The summed E-state index contributed by atoms with van der Waals surface area (Å²) in [6, 6.07) is 2.42. The maximum absolute atomic E-state index is 12.7. The van der Waals surface area contributed by atoms with Gasteiger partial charge in [-0.05, 0) is 93.6 Å². The lowest BCUT2D eigenvalue weighted by molar-refractivity contribution is -0.120. The van der Waals surface area contributed by atoms with E-state index in [4.69, 9.17) is 0 Å². The molecule has 1 saturated heterocycles. The number of fused-ring (bicyclic) bond motifs is 2. The van der Waals surface area contributed by atoms with E-state index in [1.807, 2.05) is 0 Å². The second-order valence-electron chi connectivity index (χ2n) is 7.14. The summed E-state index contributed by atoms with van der Waals surface area (Å²) in [6.07, 6.45) is 9.58. The van der Waals surface area contributed by atoms with Crippen molar-refractivity contribution in [3.63, 3.8) is 0 Å². The highest BCUT2D eigenvalue weighted by atomic mass is 16.2. The molecule has 0 aromatic heterocycles.